The number of rotatable bonds is 7. The molecule has 0 aromatic carbocycles. The first-order valence-electron chi connectivity index (χ1n) is 7.38. The maximum atomic E-state index is 11.4. The molecule has 1 fully saturated rings. The highest BCUT2D eigenvalue weighted by Gasteiger charge is 2.29. The molecule has 0 N–H and O–H groups in total. The molecule has 0 heterocycles. The van der Waals surface area contributed by atoms with E-state index < -0.39 is 16.2 Å². The summed E-state index contributed by atoms with van der Waals surface area (Å²) < 4.78 is 27.8. The van der Waals surface area contributed by atoms with E-state index in [9.17, 15) is 13.2 Å². The van der Waals surface area contributed by atoms with Gasteiger partial charge in [0.15, 0.2) is 5.12 Å². The molecule has 0 bridgehead atoms. The van der Waals surface area contributed by atoms with E-state index in [1.807, 2.05) is 0 Å². The zero-order chi connectivity index (χ0) is 16.6. The van der Waals surface area contributed by atoms with E-state index in [0.717, 1.165) is 38.4 Å². The van der Waals surface area contributed by atoms with Crippen LogP contribution in [0.3, 0.4) is 0 Å². The lowest BCUT2D eigenvalue weighted by atomic mass is 9.93. The van der Waals surface area contributed by atoms with Gasteiger partial charge in [-0.25, -0.2) is 0 Å². The maximum absolute atomic E-state index is 11.4. The van der Waals surface area contributed by atoms with Crippen molar-refractivity contribution in [2.45, 2.75) is 56.8 Å². The molecular formula is C13H23N3O4S2. The van der Waals surface area contributed by atoms with Crippen LogP contribution in [-0.2, 0) is 19.1 Å². The normalized spacial score (nSPS) is 24.1. The lowest BCUT2D eigenvalue weighted by molar-refractivity contribution is -0.109. The topological polar surface area (TPSA) is 109 Å². The van der Waals surface area contributed by atoms with Crippen molar-refractivity contribution in [2.75, 3.05) is 12.8 Å². The Morgan fingerprint density at radius 2 is 2.09 bits per heavy atom. The summed E-state index contributed by atoms with van der Waals surface area (Å²) in [4.78, 5) is 14.1. The third-order valence-corrected chi connectivity index (χ3v) is 5.51. The van der Waals surface area contributed by atoms with Crippen molar-refractivity contribution in [2.24, 2.45) is 11.0 Å². The minimum Gasteiger partial charge on any atom is -0.288 e. The van der Waals surface area contributed by atoms with Crippen molar-refractivity contribution < 1.29 is 17.4 Å². The Morgan fingerprint density at radius 3 is 2.68 bits per heavy atom. The van der Waals surface area contributed by atoms with Crippen LogP contribution in [0.1, 0.15) is 45.4 Å². The second-order valence-electron chi connectivity index (χ2n) is 5.62. The highest BCUT2D eigenvalue weighted by molar-refractivity contribution is 8.14. The van der Waals surface area contributed by atoms with Gasteiger partial charge in [-0.2, -0.15) is 8.42 Å². The van der Waals surface area contributed by atoms with Crippen LogP contribution in [0.2, 0.25) is 0 Å². The molecule has 1 rings (SSSR count). The largest absolute Gasteiger partial charge is 0.288 e. The van der Waals surface area contributed by atoms with Crippen molar-refractivity contribution in [3.8, 4) is 0 Å². The molecule has 22 heavy (non-hydrogen) atoms. The van der Waals surface area contributed by atoms with Crippen molar-refractivity contribution in [3.63, 3.8) is 0 Å². The fraction of sp³-hybridized carbons (Fsp3) is 0.923. The molecule has 7 nitrogen and oxygen atoms in total. The quantitative estimate of drug-likeness (QED) is 0.230. The van der Waals surface area contributed by atoms with Gasteiger partial charge in [-0.3, -0.25) is 8.98 Å². The van der Waals surface area contributed by atoms with Gasteiger partial charge in [-0.1, -0.05) is 36.1 Å². The Kier molecular flexibility index (Phi) is 8.24. The van der Waals surface area contributed by atoms with Crippen LogP contribution in [0.15, 0.2) is 5.11 Å². The van der Waals surface area contributed by atoms with Crippen LogP contribution in [-0.4, -0.2) is 37.7 Å². The van der Waals surface area contributed by atoms with Gasteiger partial charge >= 0.3 is 0 Å². The summed E-state index contributed by atoms with van der Waals surface area (Å²) in [5.41, 5.74) is 8.44. The summed E-state index contributed by atoms with van der Waals surface area (Å²) in [6.45, 7) is 1.54. The average molecular weight is 349 g/mol. The van der Waals surface area contributed by atoms with Gasteiger partial charge in [-0.15, -0.1) is 0 Å². The molecule has 1 aliphatic rings. The molecule has 0 unspecified atom stereocenters. The third-order valence-electron chi connectivity index (χ3n) is 3.63. The van der Waals surface area contributed by atoms with E-state index in [-0.39, 0.29) is 22.8 Å². The molecule has 0 aromatic rings. The molecule has 0 saturated heterocycles. The lowest BCUT2D eigenvalue weighted by Gasteiger charge is -2.27. The van der Waals surface area contributed by atoms with Crippen molar-refractivity contribution in [1.29, 1.82) is 0 Å². The lowest BCUT2D eigenvalue weighted by Crippen LogP contribution is -2.28. The molecule has 0 aromatic heterocycles. The highest BCUT2D eigenvalue weighted by atomic mass is 32.2. The van der Waals surface area contributed by atoms with Gasteiger partial charge in [0.25, 0.3) is 10.1 Å². The van der Waals surface area contributed by atoms with Gasteiger partial charge in [0, 0.05) is 17.1 Å². The second-order valence-corrected chi connectivity index (χ2v) is 8.63. The van der Waals surface area contributed by atoms with Crippen LogP contribution < -0.4 is 0 Å². The predicted octanol–water partition coefficient (Wildman–Crippen LogP) is 3.26. The average Bonchev–Trinajstić information content (AvgIpc) is 2.59. The summed E-state index contributed by atoms with van der Waals surface area (Å²) in [5, 5.41) is 3.70. The number of carbonyl (C=O) groups is 1. The minimum absolute atomic E-state index is 0.0163. The van der Waals surface area contributed by atoms with Crippen LogP contribution >= 0.6 is 11.8 Å². The molecule has 9 heteroatoms. The summed E-state index contributed by atoms with van der Waals surface area (Å²) in [6.07, 6.45) is 5.96. The van der Waals surface area contributed by atoms with E-state index in [0.29, 0.717) is 6.42 Å². The molecule has 0 radical (unpaired) electrons. The van der Waals surface area contributed by atoms with Crippen molar-refractivity contribution >= 4 is 27.0 Å². The fourth-order valence-electron chi connectivity index (χ4n) is 2.85. The van der Waals surface area contributed by atoms with Crippen LogP contribution in [0.5, 0.6) is 0 Å². The van der Waals surface area contributed by atoms with Gasteiger partial charge in [0.1, 0.15) is 0 Å². The number of hydrogen-bond acceptors (Lipinski definition) is 6. The van der Waals surface area contributed by atoms with Gasteiger partial charge < -0.3 is 0 Å². The van der Waals surface area contributed by atoms with E-state index in [2.05, 4.69) is 10.0 Å². The van der Waals surface area contributed by atoms with Gasteiger partial charge in [-0.05, 0) is 30.7 Å². The standard InChI is InChI=1S/C13H23N3O4S2/c1-10(17)21-13-7-5-3-4-6-11(13)8-12(9-15-16-14)20-22(2,18)19/h11-13H,3-9H2,1-2H3/t11-,12+,13+/m0/s1. The van der Waals surface area contributed by atoms with E-state index in [1.54, 1.807) is 6.92 Å². The Balaban J connectivity index is 2.80. The van der Waals surface area contributed by atoms with Crippen LogP contribution in [0.25, 0.3) is 10.4 Å². The first kappa shape index (κ1) is 19.3. The Bertz CT molecular complexity index is 517. The Labute approximate surface area is 135 Å². The first-order valence-corrected chi connectivity index (χ1v) is 10.1. The van der Waals surface area contributed by atoms with Crippen LogP contribution in [0, 0.1) is 5.92 Å². The molecule has 0 spiro atoms. The highest BCUT2D eigenvalue weighted by Crippen LogP contribution is 2.36. The first-order chi connectivity index (χ1) is 10.3. The summed E-state index contributed by atoms with van der Waals surface area (Å²) in [6, 6.07) is 0. The molecule has 0 aliphatic heterocycles. The smallest absolute Gasteiger partial charge is 0.264 e. The number of hydrogen-bond donors (Lipinski definition) is 0. The van der Waals surface area contributed by atoms with E-state index >= 15 is 0 Å². The molecule has 1 saturated carbocycles. The van der Waals surface area contributed by atoms with E-state index in [4.69, 9.17) is 9.71 Å². The number of azide groups is 1. The van der Waals surface area contributed by atoms with Crippen LogP contribution in [0.4, 0.5) is 0 Å². The monoisotopic (exact) mass is 349 g/mol. The second kappa shape index (κ2) is 9.39. The molecule has 3 atom stereocenters. The van der Waals surface area contributed by atoms with Gasteiger partial charge in [0.05, 0.1) is 18.9 Å². The van der Waals surface area contributed by atoms with Crippen molar-refractivity contribution in [3.05, 3.63) is 10.4 Å². The number of nitrogens with zero attached hydrogens (tertiary/aromatic N) is 3. The zero-order valence-corrected chi connectivity index (χ0v) is 14.6. The molecule has 0 amide bonds. The molecular weight excluding hydrogens is 326 g/mol. The Morgan fingerprint density at radius 1 is 1.41 bits per heavy atom. The predicted molar refractivity (Wildman–Crippen MR) is 87.0 cm³/mol. The SMILES string of the molecule is CC(=O)S[C@@H]1CCCCC[C@H]1C[C@H](CN=[N+]=[N-])OS(C)(=O)=O. The summed E-state index contributed by atoms with van der Waals surface area (Å²) in [7, 11) is -3.61. The molecule has 1 aliphatic carbocycles. The third kappa shape index (κ3) is 8.03. The summed E-state index contributed by atoms with van der Waals surface area (Å²) in [5.74, 6) is 0.192. The fourth-order valence-corrected chi connectivity index (χ4v) is 4.63. The van der Waals surface area contributed by atoms with Crippen molar-refractivity contribution in [1.82, 2.24) is 0 Å². The Hall–Kier alpha value is -0.760. The minimum atomic E-state index is -3.61. The molecule has 126 valence electrons. The zero-order valence-electron chi connectivity index (χ0n) is 13.0. The number of thioether (sulfide) groups is 1. The van der Waals surface area contributed by atoms with E-state index in [1.165, 1.54) is 11.8 Å². The van der Waals surface area contributed by atoms with Gasteiger partial charge in [0.2, 0.25) is 0 Å². The number of carbonyl (C=O) groups excluding carboxylic acids is 1. The summed E-state index contributed by atoms with van der Waals surface area (Å²) >= 11 is 1.33. The maximum Gasteiger partial charge on any atom is 0.264 e.